The van der Waals surface area contributed by atoms with Gasteiger partial charge < -0.3 is 9.15 Å². The van der Waals surface area contributed by atoms with Crippen molar-refractivity contribution in [2.24, 2.45) is 0 Å². The Morgan fingerprint density at radius 3 is 1.77 bits per heavy atom. The van der Waals surface area contributed by atoms with Gasteiger partial charge in [0.05, 0.1) is 24.0 Å². The Balaban J connectivity index is 0.000000217. The molecule has 3 nitrogen and oxygen atoms in total. The smallest absolute Gasteiger partial charge is 0.200 e. The number of benzene rings is 2. The van der Waals surface area contributed by atoms with Crippen molar-refractivity contribution in [3.63, 3.8) is 0 Å². The summed E-state index contributed by atoms with van der Waals surface area (Å²) in [5.74, 6) is 0. The van der Waals surface area contributed by atoms with E-state index in [4.69, 9.17) is 9.15 Å². The van der Waals surface area contributed by atoms with Gasteiger partial charge in [0.25, 0.3) is 0 Å². The second kappa shape index (κ2) is 7.96. The number of fused-ring (bicyclic) bond motifs is 2. The standard InChI is InChI=1S/C13H8O2.C6H10O/c14-13-9-5-1-3-7-11(9)15-12-8-4-2-6-10(12)13;1-3-5-7-6-4-2/h1-8H;3-4H,1-2,5-6H2. The lowest BCUT2D eigenvalue weighted by Gasteiger charge is -1.99. The maximum Gasteiger partial charge on any atom is 0.200 e. The Bertz CT molecular complexity index is 766. The average Bonchev–Trinajstić information content (AvgIpc) is 2.56. The normalized spacial score (nSPS) is 10.0. The van der Waals surface area contributed by atoms with Gasteiger partial charge in [-0.2, -0.15) is 0 Å². The monoisotopic (exact) mass is 294 g/mol. The molecule has 0 unspecified atom stereocenters. The van der Waals surface area contributed by atoms with Gasteiger partial charge in [-0.1, -0.05) is 36.4 Å². The van der Waals surface area contributed by atoms with E-state index < -0.39 is 0 Å². The molecule has 2 aromatic carbocycles. The van der Waals surface area contributed by atoms with Crippen molar-refractivity contribution in [2.75, 3.05) is 13.2 Å². The third-order valence-corrected chi connectivity index (χ3v) is 2.95. The first-order valence-electron chi connectivity index (χ1n) is 6.98. The molecule has 0 amide bonds. The minimum absolute atomic E-state index is 0.0347. The van der Waals surface area contributed by atoms with E-state index in [9.17, 15) is 4.79 Å². The van der Waals surface area contributed by atoms with Gasteiger partial charge in [0.2, 0.25) is 5.43 Å². The molecule has 0 saturated heterocycles. The van der Waals surface area contributed by atoms with Crippen LogP contribution < -0.4 is 5.43 Å². The second-order valence-corrected chi connectivity index (χ2v) is 4.54. The minimum Gasteiger partial charge on any atom is -0.456 e. The van der Waals surface area contributed by atoms with Crippen LogP contribution in [0.1, 0.15) is 0 Å². The van der Waals surface area contributed by atoms with E-state index in [1.54, 1.807) is 24.3 Å². The molecule has 0 atom stereocenters. The molecule has 22 heavy (non-hydrogen) atoms. The lowest BCUT2D eigenvalue weighted by Crippen LogP contribution is -2.01. The van der Waals surface area contributed by atoms with Crippen molar-refractivity contribution in [1.29, 1.82) is 0 Å². The van der Waals surface area contributed by atoms with Gasteiger partial charge in [-0.3, -0.25) is 4.79 Å². The summed E-state index contributed by atoms with van der Waals surface area (Å²) in [6.45, 7) is 8.18. The molecule has 0 bridgehead atoms. The summed E-state index contributed by atoms with van der Waals surface area (Å²) in [5, 5.41) is 1.27. The van der Waals surface area contributed by atoms with Crippen molar-refractivity contribution >= 4 is 21.9 Å². The van der Waals surface area contributed by atoms with E-state index in [0.717, 1.165) is 0 Å². The highest BCUT2D eigenvalue weighted by Crippen LogP contribution is 2.17. The summed E-state index contributed by atoms with van der Waals surface area (Å²) < 4.78 is 10.5. The van der Waals surface area contributed by atoms with E-state index in [0.29, 0.717) is 35.2 Å². The van der Waals surface area contributed by atoms with Gasteiger partial charge in [-0.25, -0.2) is 0 Å². The molecule has 0 N–H and O–H groups in total. The Morgan fingerprint density at radius 2 is 1.32 bits per heavy atom. The van der Waals surface area contributed by atoms with Gasteiger partial charge in [0.1, 0.15) is 11.2 Å². The predicted octanol–water partition coefficient (Wildman–Crippen LogP) is 4.32. The minimum atomic E-state index is 0.0347. The molecule has 0 radical (unpaired) electrons. The molecular weight excluding hydrogens is 276 g/mol. The van der Waals surface area contributed by atoms with Crippen LogP contribution in [0.4, 0.5) is 0 Å². The van der Waals surface area contributed by atoms with Crippen LogP contribution in [-0.4, -0.2) is 13.2 Å². The van der Waals surface area contributed by atoms with E-state index in [-0.39, 0.29) is 5.43 Å². The topological polar surface area (TPSA) is 39.4 Å². The quantitative estimate of drug-likeness (QED) is 0.408. The Hall–Kier alpha value is -2.65. The van der Waals surface area contributed by atoms with E-state index in [1.807, 2.05) is 36.4 Å². The molecule has 3 heteroatoms. The molecule has 0 saturated carbocycles. The fraction of sp³-hybridized carbons (Fsp3) is 0.105. The van der Waals surface area contributed by atoms with Crippen LogP contribution in [0.2, 0.25) is 0 Å². The number of hydrogen-bond acceptors (Lipinski definition) is 3. The van der Waals surface area contributed by atoms with Gasteiger partial charge >= 0.3 is 0 Å². The SMILES string of the molecule is C=CCOCC=C.O=c1c2ccccc2oc2ccccc12. The zero-order chi connectivity index (χ0) is 15.8. The second-order valence-electron chi connectivity index (χ2n) is 4.54. The molecule has 0 aliphatic carbocycles. The summed E-state index contributed by atoms with van der Waals surface area (Å²) in [4.78, 5) is 12.0. The maximum atomic E-state index is 12.0. The molecule has 1 heterocycles. The van der Waals surface area contributed by atoms with Crippen molar-refractivity contribution < 1.29 is 9.15 Å². The van der Waals surface area contributed by atoms with Crippen LogP contribution >= 0.6 is 0 Å². The third-order valence-electron chi connectivity index (χ3n) is 2.95. The van der Waals surface area contributed by atoms with Crippen molar-refractivity contribution in [2.45, 2.75) is 0 Å². The molecule has 0 spiro atoms. The fourth-order valence-corrected chi connectivity index (χ4v) is 1.98. The molecule has 0 aliphatic heterocycles. The Labute approximate surface area is 129 Å². The van der Waals surface area contributed by atoms with E-state index in [2.05, 4.69) is 13.2 Å². The zero-order valence-corrected chi connectivity index (χ0v) is 12.3. The first kappa shape index (κ1) is 15.7. The maximum absolute atomic E-state index is 12.0. The van der Waals surface area contributed by atoms with Crippen LogP contribution in [0.3, 0.4) is 0 Å². The highest BCUT2D eigenvalue weighted by atomic mass is 16.5. The average molecular weight is 294 g/mol. The van der Waals surface area contributed by atoms with Crippen molar-refractivity contribution in [3.8, 4) is 0 Å². The Morgan fingerprint density at radius 1 is 0.864 bits per heavy atom. The van der Waals surface area contributed by atoms with Gasteiger partial charge in [0.15, 0.2) is 0 Å². The van der Waals surface area contributed by atoms with Crippen molar-refractivity contribution in [3.05, 3.63) is 84.1 Å². The Kier molecular flexibility index (Phi) is 5.69. The number of ether oxygens (including phenoxy) is 1. The molecular formula is C19H18O3. The number of rotatable bonds is 4. The van der Waals surface area contributed by atoms with Crippen LogP contribution in [-0.2, 0) is 4.74 Å². The molecule has 112 valence electrons. The largest absolute Gasteiger partial charge is 0.456 e. The molecule has 0 fully saturated rings. The number of para-hydroxylation sites is 2. The summed E-state index contributed by atoms with van der Waals surface area (Å²) in [6.07, 6.45) is 3.42. The van der Waals surface area contributed by atoms with Gasteiger partial charge in [0, 0.05) is 0 Å². The molecule has 3 aromatic rings. The van der Waals surface area contributed by atoms with Crippen LogP contribution in [0, 0.1) is 0 Å². The third kappa shape index (κ3) is 3.71. The first-order chi connectivity index (χ1) is 10.8. The molecule has 1 aromatic heterocycles. The summed E-state index contributed by atoms with van der Waals surface area (Å²) in [6, 6.07) is 14.6. The van der Waals surface area contributed by atoms with E-state index in [1.165, 1.54) is 0 Å². The van der Waals surface area contributed by atoms with Crippen LogP contribution in [0.5, 0.6) is 0 Å². The highest BCUT2D eigenvalue weighted by molar-refractivity contribution is 5.89. The number of hydrogen-bond donors (Lipinski definition) is 0. The summed E-state index contributed by atoms with van der Waals surface area (Å²) in [5.41, 5.74) is 1.31. The van der Waals surface area contributed by atoms with Crippen molar-refractivity contribution in [1.82, 2.24) is 0 Å². The highest BCUT2D eigenvalue weighted by Gasteiger charge is 2.04. The van der Waals surface area contributed by atoms with E-state index >= 15 is 0 Å². The zero-order valence-electron chi connectivity index (χ0n) is 12.3. The van der Waals surface area contributed by atoms with Gasteiger partial charge in [-0.05, 0) is 24.3 Å². The van der Waals surface area contributed by atoms with Crippen LogP contribution in [0.25, 0.3) is 21.9 Å². The lowest BCUT2D eigenvalue weighted by atomic mass is 10.1. The summed E-state index contributed by atoms with van der Waals surface area (Å²) in [7, 11) is 0. The fourth-order valence-electron chi connectivity index (χ4n) is 1.98. The molecule has 0 aliphatic rings. The molecule has 3 rings (SSSR count). The van der Waals surface area contributed by atoms with Crippen LogP contribution in [0.15, 0.2) is 83.1 Å². The van der Waals surface area contributed by atoms with Gasteiger partial charge in [-0.15, -0.1) is 13.2 Å². The summed E-state index contributed by atoms with van der Waals surface area (Å²) >= 11 is 0. The predicted molar refractivity (Wildman–Crippen MR) is 91.2 cm³/mol. The lowest BCUT2D eigenvalue weighted by molar-refractivity contribution is 0.194. The first-order valence-corrected chi connectivity index (χ1v) is 6.98.